The van der Waals surface area contributed by atoms with E-state index in [2.05, 4.69) is 4.98 Å². The van der Waals surface area contributed by atoms with Crippen molar-refractivity contribution in [1.82, 2.24) is 9.88 Å². The number of pyridine rings is 1. The topological polar surface area (TPSA) is 96.8 Å². The molecule has 1 fully saturated rings. The van der Waals surface area contributed by atoms with Crippen LogP contribution in [0.5, 0.6) is 5.75 Å². The molecule has 188 valence electrons. The number of β-amino-alcohol motifs (C(OH)–C–C–N with tert-alkyl or cyclic N) is 1. The van der Waals surface area contributed by atoms with E-state index in [0.29, 0.717) is 25.9 Å². The van der Waals surface area contributed by atoms with Crippen LogP contribution in [0.25, 0.3) is 22.0 Å². The number of halogens is 4. The lowest BCUT2D eigenvalue weighted by molar-refractivity contribution is -0.137. The molecule has 1 saturated heterocycles. The van der Waals surface area contributed by atoms with Crippen LogP contribution in [-0.2, 0) is 6.18 Å². The summed E-state index contributed by atoms with van der Waals surface area (Å²) in [4.78, 5) is 17.7. The first-order valence-electron chi connectivity index (χ1n) is 11.0. The summed E-state index contributed by atoms with van der Waals surface area (Å²) >= 11 is 7.11. The number of hydrogen-bond acceptors (Lipinski definition) is 6. The fraction of sp³-hybridized carbons (Fsp3) is 0.375. The zero-order valence-corrected chi connectivity index (χ0v) is 20.1. The number of thioether (sulfide) groups is 1. The average Bonchev–Trinajstić information content (AvgIpc) is 3.22. The van der Waals surface area contributed by atoms with Gasteiger partial charge in [-0.05, 0) is 49.2 Å². The number of H-pyrrole nitrogens is 1. The Morgan fingerprint density at radius 2 is 2.00 bits per heavy atom. The molecule has 0 aliphatic carbocycles. The van der Waals surface area contributed by atoms with Gasteiger partial charge in [0, 0.05) is 52.4 Å². The predicted molar refractivity (Wildman–Crippen MR) is 130 cm³/mol. The van der Waals surface area contributed by atoms with Gasteiger partial charge in [0.25, 0.3) is 5.56 Å². The van der Waals surface area contributed by atoms with Gasteiger partial charge in [0.15, 0.2) is 0 Å². The fourth-order valence-corrected chi connectivity index (χ4v) is 5.42. The molecule has 2 unspecified atom stereocenters. The molecular formula is C24H24ClF3N2O4S. The molecule has 3 aromatic rings. The van der Waals surface area contributed by atoms with E-state index in [9.17, 15) is 33.3 Å². The second kappa shape index (κ2) is 10.4. The maximum Gasteiger partial charge on any atom is 0.416 e. The first kappa shape index (κ1) is 25.8. The molecular weight excluding hydrogens is 505 g/mol. The summed E-state index contributed by atoms with van der Waals surface area (Å²) < 4.78 is 40.4. The summed E-state index contributed by atoms with van der Waals surface area (Å²) in [6.45, 7) is 1.86. The molecule has 4 rings (SSSR count). The number of phenols is 1. The quantitative estimate of drug-likeness (QED) is 0.338. The van der Waals surface area contributed by atoms with Crippen LogP contribution in [0.2, 0.25) is 5.02 Å². The summed E-state index contributed by atoms with van der Waals surface area (Å²) in [5, 5.41) is 31.0. The predicted octanol–water partition coefficient (Wildman–Crippen LogP) is 4.48. The van der Waals surface area contributed by atoms with E-state index in [1.54, 1.807) is 0 Å². The van der Waals surface area contributed by atoms with Crippen LogP contribution in [0.4, 0.5) is 13.2 Å². The molecule has 2 heterocycles. The Morgan fingerprint density at radius 3 is 2.69 bits per heavy atom. The first-order chi connectivity index (χ1) is 16.5. The lowest BCUT2D eigenvalue weighted by Crippen LogP contribution is -2.27. The molecule has 6 nitrogen and oxygen atoms in total. The van der Waals surface area contributed by atoms with Gasteiger partial charge < -0.3 is 25.2 Å². The van der Waals surface area contributed by atoms with Crippen LogP contribution >= 0.6 is 23.4 Å². The summed E-state index contributed by atoms with van der Waals surface area (Å²) in [5.41, 5.74) is -1.03. The average molecular weight is 529 g/mol. The lowest BCUT2D eigenvalue weighted by atomic mass is 9.98. The van der Waals surface area contributed by atoms with Crippen molar-refractivity contribution in [2.75, 3.05) is 25.4 Å². The number of likely N-dealkylation sites (tertiary alicyclic amines) is 1. The van der Waals surface area contributed by atoms with Gasteiger partial charge >= 0.3 is 6.18 Å². The fourth-order valence-electron chi connectivity index (χ4n) is 4.17. The standard InChI is InChI=1S/C24H24ClF3N2O4S/c25-14-2-4-20(33)18(10-14)21-17-9-13(24(26,27)28)1-3-19(17)29-23(34)22(21)35-12-16(32)6-8-30-7-5-15(31)11-30/h1-4,9-10,15-16,31-33H,5-8,11-12H2,(H,29,34). The molecule has 11 heteroatoms. The van der Waals surface area contributed by atoms with Gasteiger partial charge in [-0.1, -0.05) is 11.6 Å². The molecule has 2 aromatic carbocycles. The number of aliphatic hydroxyl groups is 2. The number of hydrogen-bond donors (Lipinski definition) is 4. The number of nitrogens with one attached hydrogen (secondary N) is 1. The highest BCUT2D eigenvalue weighted by molar-refractivity contribution is 7.99. The van der Waals surface area contributed by atoms with Crippen molar-refractivity contribution in [2.24, 2.45) is 0 Å². The zero-order valence-electron chi connectivity index (χ0n) is 18.5. The van der Waals surface area contributed by atoms with Crippen molar-refractivity contribution in [2.45, 2.75) is 36.1 Å². The molecule has 0 spiro atoms. The lowest BCUT2D eigenvalue weighted by Gasteiger charge is -2.19. The molecule has 1 aliphatic rings. The number of aromatic amines is 1. The largest absolute Gasteiger partial charge is 0.507 e. The number of benzene rings is 2. The second-order valence-corrected chi connectivity index (χ2v) is 10.0. The molecule has 35 heavy (non-hydrogen) atoms. The van der Waals surface area contributed by atoms with E-state index in [-0.39, 0.29) is 49.6 Å². The number of rotatable bonds is 7. The van der Waals surface area contributed by atoms with Gasteiger partial charge in [0.05, 0.1) is 22.7 Å². The third-order valence-corrected chi connectivity index (χ3v) is 7.44. The molecule has 0 bridgehead atoms. The third-order valence-electron chi connectivity index (χ3n) is 5.97. The van der Waals surface area contributed by atoms with E-state index >= 15 is 0 Å². The molecule has 0 saturated carbocycles. The number of phenolic OH excluding ortho intramolecular Hbond substituents is 1. The van der Waals surface area contributed by atoms with Crippen LogP contribution in [-0.4, -0.2) is 62.8 Å². The monoisotopic (exact) mass is 528 g/mol. The number of nitrogens with zero attached hydrogens (tertiary/aromatic N) is 1. The summed E-state index contributed by atoms with van der Waals surface area (Å²) in [6.07, 6.45) is -4.68. The molecule has 4 N–H and O–H groups in total. The number of aliphatic hydroxyl groups excluding tert-OH is 2. The number of fused-ring (bicyclic) bond motifs is 1. The highest BCUT2D eigenvalue weighted by Crippen LogP contribution is 2.42. The molecule has 1 aromatic heterocycles. The van der Waals surface area contributed by atoms with Crippen molar-refractivity contribution in [3.05, 3.63) is 57.3 Å². The smallest absolute Gasteiger partial charge is 0.416 e. The minimum Gasteiger partial charge on any atom is -0.507 e. The van der Waals surface area contributed by atoms with Crippen molar-refractivity contribution in [1.29, 1.82) is 0 Å². The van der Waals surface area contributed by atoms with Crippen molar-refractivity contribution in [3.8, 4) is 16.9 Å². The van der Waals surface area contributed by atoms with Gasteiger partial charge in [0.1, 0.15) is 5.75 Å². The Hall–Kier alpha value is -2.24. The van der Waals surface area contributed by atoms with Gasteiger partial charge in [-0.15, -0.1) is 11.8 Å². The normalized spacial score (nSPS) is 17.8. The summed E-state index contributed by atoms with van der Waals surface area (Å²) in [5.74, 6) is -0.133. The van der Waals surface area contributed by atoms with Crippen LogP contribution in [0.1, 0.15) is 18.4 Å². The third kappa shape index (κ3) is 5.95. The van der Waals surface area contributed by atoms with Gasteiger partial charge in [0.2, 0.25) is 0 Å². The minimum absolute atomic E-state index is 0.0741. The highest BCUT2D eigenvalue weighted by Gasteiger charge is 2.31. The maximum atomic E-state index is 13.5. The van der Waals surface area contributed by atoms with E-state index < -0.39 is 23.4 Å². The van der Waals surface area contributed by atoms with Crippen molar-refractivity contribution in [3.63, 3.8) is 0 Å². The first-order valence-corrected chi connectivity index (χ1v) is 12.4. The number of alkyl halides is 3. The molecule has 1 aliphatic heterocycles. The minimum atomic E-state index is -4.61. The zero-order chi connectivity index (χ0) is 25.3. The van der Waals surface area contributed by atoms with Gasteiger partial charge in [-0.3, -0.25) is 4.79 Å². The number of aromatic nitrogens is 1. The summed E-state index contributed by atoms with van der Waals surface area (Å²) in [7, 11) is 0. The van der Waals surface area contributed by atoms with Gasteiger partial charge in [-0.25, -0.2) is 0 Å². The Morgan fingerprint density at radius 1 is 1.23 bits per heavy atom. The second-order valence-electron chi connectivity index (χ2n) is 8.57. The highest BCUT2D eigenvalue weighted by atomic mass is 35.5. The Balaban J connectivity index is 1.72. The van der Waals surface area contributed by atoms with Crippen molar-refractivity contribution >= 4 is 34.3 Å². The van der Waals surface area contributed by atoms with Crippen molar-refractivity contribution < 1.29 is 28.5 Å². The van der Waals surface area contributed by atoms with E-state index in [4.69, 9.17) is 11.6 Å². The van der Waals surface area contributed by atoms with Crippen LogP contribution in [0.15, 0.2) is 46.1 Å². The van der Waals surface area contributed by atoms with E-state index in [1.165, 1.54) is 24.3 Å². The van der Waals surface area contributed by atoms with Gasteiger partial charge in [-0.2, -0.15) is 13.2 Å². The molecule has 2 atom stereocenters. The van der Waals surface area contributed by atoms with E-state index in [1.807, 2.05) is 4.90 Å². The summed E-state index contributed by atoms with van der Waals surface area (Å²) in [6, 6.07) is 7.13. The molecule has 0 amide bonds. The SMILES string of the molecule is O=c1[nH]c2ccc(C(F)(F)F)cc2c(-c2cc(Cl)ccc2O)c1SCC(O)CCN1CCC(O)C1. The Labute approximate surface area is 208 Å². The van der Waals surface area contributed by atoms with Crippen LogP contribution < -0.4 is 5.56 Å². The van der Waals surface area contributed by atoms with Crippen LogP contribution in [0.3, 0.4) is 0 Å². The van der Waals surface area contributed by atoms with Crippen LogP contribution in [0, 0.1) is 0 Å². The Bertz CT molecular complexity index is 1280. The maximum absolute atomic E-state index is 13.5. The number of aromatic hydroxyl groups is 1. The Kier molecular flexibility index (Phi) is 7.68. The van der Waals surface area contributed by atoms with E-state index in [0.717, 1.165) is 30.4 Å². The molecule has 0 radical (unpaired) electrons.